The van der Waals surface area contributed by atoms with Crippen LogP contribution in [0.15, 0.2) is 0 Å². The lowest BCUT2D eigenvalue weighted by Gasteiger charge is -2.18. The molecule has 1 atom stereocenters. The molecule has 0 unspecified atom stereocenters. The predicted molar refractivity (Wildman–Crippen MR) is 247 cm³/mol. The second-order valence-corrected chi connectivity index (χ2v) is 18.3. The summed E-state index contributed by atoms with van der Waals surface area (Å²) < 4.78 is 16.8. The van der Waals surface area contributed by atoms with E-state index in [2.05, 4.69) is 27.7 Å². The van der Waals surface area contributed by atoms with Crippen LogP contribution >= 0.6 is 0 Å². The van der Waals surface area contributed by atoms with Crippen LogP contribution in [0.2, 0.25) is 0 Å². The minimum absolute atomic E-state index is 0.0626. The maximum absolute atomic E-state index is 12.8. The number of esters is 3. The van der Waals surface area contributed by atoms with E-state index >= 15 is 0 Å². The molecule has 0 heterocycles. The lowest BCUT2D eigenvalue weighted by atomic mass is 10.0. The summed E-state index contributed by atoms with van der Waals surface area (Å²) >= 11 is 0. The highest BCUT2D eigenvalue weighted by Crippen LogP contribution is 2.17. The molecule has 58 heavy (non-hydrogen) atoms. The normalized spacial score (nSPS) is 11.9. The number of carbonyl (C=O) groups is 3. The number of carbonyl (C=O) groups excluding carboxylic acids is 3. The fourth-order valence-electron chi connectivity index (χ4n) is 7.86. The summed E-state index contributed by atoms with van der Waals surface area (Å²) in [6.07, 6.45) is 48.0. The highest BCUT2D eigenvalue weighted by atomic mass is 16.6. The topological polar surface area (TPSA) is 78.9 Å². The third-order valence-electron chi connectivity index (χ3n) is 11.8. The largest absolute Gasteiger partial charge is 0.462 e. The smallest absolute Gasteiger partial charge is 0.306 e. The number of hydrogen-bond donors (Lipinski definition) is 0. The first-order chi connectivity index (χ1) is 28.4. The van der Waals surface area contributed by atoms with E-state index in [-0.39, 0.29) is 31.1 Å². The van der Waals surface area contributed by atoms with Gasteiger partial charge in [0, 0.05) is 19.3 Å². The van der Waals surface area contributed by atoms with Crippen molar-refractivity contribution in [1.29, 1.82) is 0 Å². The number of ether oxygens (including phenoxy) is 3. The standard InChI is InChI=1S/C52H100O6/c1-5-7-9-11-13-15-17-19-24-28-32-36-40-44-51(54)57-47-49(46-56-50(53)43-39-35-31-27-22-16-14-12-10-8-6-2)58-52(55)45-41-37-33-29-25-21-18-20-23-26-30-34-38-42-48(3)4/h48-49H,5-47H2,1-4H3/t49-/m0/s1. The van der Waals surface area contributed by atoms with Crippen molar-refractivity contribution in [2.45, 2.75) is 297 Å². The zero-order valence-corrected chi connectivity index (χ0v) is 39.5. The molecule has 6 nitrogen and oxygen atoms in total. The lowest BCUT2D eigenvalue weighted by molar-refractivity contribution is -0.167. The molecule has 0 fully saturated rings. The molecule has 0 aliphatic rings. The van der Waals surface area contributed by atoms with E-state index in [1.807, 2.05) is 0 Å². The van der Waals surface area contributed by atoms with E-state index in [1.54, 1.807) is 0 Å². The molecule has 0 rings (SSSR count). The van der Waals surface area contributed by atoms with E-state index in [0.29, 0.717) is 19.3 Å². The van der Waals surface area contributed by atoms with Gasteiger partial charge in [-0.1, -0.05) is 252 Å². The molecule has 0 bridgehead atoms. The molecule has 0 aliphatic heterocycles. The molecule has 0 aromatic carbocycles. The summed E-state index contributed by atoms with van der Waals surface area (Å²) in [4.78, 5) is 37.9. The Kier molecular flexibility index (Phi) is 45.2. The van der Waals surface area contributed by atoms with Crippen molar-refractivity contribution in [2.24, 2.45) is 5.92 Å². The zero-order valence-electron chi connectivity index (χ0n) is 39.5. The van der Waals surface area contributed by atoms with E-state index in [0.717, 1.165) is 63.7 Å². The van der Waals surface area contributed by atoms with Gasteiger partial charge in [0.2, 0.25) is 0 Å². The second kappa shape index (κ2) is 46.5. The van der Waals surface area contributed by atoms with Gasteiger partial charge in [-0.25, -0.2) is 0 Å². The van der Waals surface area contributed by atoms with Crippen LogP contribution in [0.3, 0.4) is 0 Å². The van der Waals surface area contributed by atoms with Gasteiger partial charge in [0.25, 0.3) is 0 Å². The summed E-state index contributed by atoms with van der Waals surface area (Å²) in [5.74, 6) is -0.00611. The highest BCUT2D eigenvalue weighted by Gasteiger charge is 2.19. The van der Waals surface area contributed by atoms with Gasteiger partial charge < -0.3 is 14.2 Å². The number of hydrogen-bond acceptors (Lipinski definition) is 6. The van der Waals surface area contributed by atoms with Crippen LogP contribution in [0, 0.1) is 5.92 Å². The van der Waals surface area contributed by atoms with E-state index in [4.69, 9.17) is 14.2 Å². The Labute approximate surface area is 361 Å². The molecule has 6 heteroatoms. The summed E-state index contributed by atoms with van der Waals surface area (Å²) in [5.41, 5.74) is 0. The van der Waals surface area contributed by atoms with Crippen molar-refractivity contribution in [2.75, 3.05) is 13.2 Å². The monoisotopic (exact) mass is 821 g/mol. The van der Waals surface area contributed by atoms with Crippen LogP contribution in [0.25, 0.3) is 0 Å². The molecule has 0 saturated carbocycles. The summed E-state index contributed by atoms with van der Waals surface area (Å²) in [5, 5.41) is 0. The molecular weight excluding hydrogens is 721 g/mol. The second-order valence-electron chi connectivity index (χ2n) is 18.3. The van der Waals surface area contributed by atoms with Crippen LogP contribution in [-0.4, -0.2) is 37.2 Å². The van der Waals surface area contributed by atoms with Gasteiger partial charge in [-0.05, 0) is 25.2 Å². The van der Waals surface area contributed by atoms with Crippen molar-refractivity contribution in [3.8, 4) is 0 Å². The van der Waals surface area contributed by atoms with Gasteiger partial charge in [0.1, 0.15) is 13.2 Å². The summed E-state index contributed by atoms with van der Waals surface area (Å²) in [6.45, 7) is 9.03. The zero-order chi connectivity index (χ0) is 42.4. The Morgan fingerprint density at radius 3 is 0.845 bits per heavy atom. The Hall–Kier alpha value is -1.59. The molecule has 0 N–H and O–H groups in total. The number of unbranched alkanes of at least 4 members (excludes halogenated alkanes) is 34. The van der Waals surface area contributed by atoms with E-state index < -0.39 is 6.10 Å². The molecule has 0 radical (unpaired) electrons. The molecule has 0 aromatic heterocycles. The first kappa shape index (κ1) is 56.4. The maximum atomic E-state index is 12.8. The molecule has 0 amide bonds. The highest BCUT2D eigenvalue weighted by molar-refractivity contribution is 5.71. The third-order valence-corrected chi connectivity index (χ3v) is 11.8. The first-order valence-electron chi connectivity index (χ1n) is 25.9. The van der Waals surface area contributed by atoms with Crippen LogP contribution in [0.1, 0.15) is 291 Å². The Bertz CT molecular complexity index is 872. The van der Waals surface area contributed by atoms with Crippen molar-refractivity contribution >= 4 is 17.9 Å². The maximum Gasteiger partial charge on any atom is 0.306 e. The third kappa shape index (κ3) is 45.5. The van der Waals surface area contributed by atoms with E-state index in [1.165, 1.54) is 186 Å². The van der Waals surface area contributed by atoms with Crippen molar-refractivity contribution in [3.05, 3.63) is 0 Å². The minimum atomic E-state index is -0.760. The first-order valence-corrected chi connectivity index (χ1v) is 25.9. The average Bonchev–Trinajstić information content (AvgIpc) is 3.21. The van der Waals surface area contributed by atoms with Crippen LogP contribution in [0.4, 0.5) is 0 Å². The van der Waals surface area contributed by atoms with Gasteiger partial charge in [0.05, 0.1) is 0 Å². The van der Waals surface area contributed by atoms with Gasteiger partial charge >= 0.3 is 17.9 Å². The predicted octanol–water partition coefficient (Wildman–Crippen LogP) is 16.7. The minimum Gasteiger partial charge on any atom is -0.462 e. The fourth-order valence-corrected chi connectivity index (χ4v) is 7.86. The lowest BCUT2D eigenvalue weighted by Crippen LogP contribution is -2.30. The Balaban J connectivity index is 4.30. The molecule has 0 aliphatic carbocycles. The van der Waals surface area contributed by atoms with Gasteiger partial charge in [-0.2, -0.15) is 0 Å². The van der Waals surface area contributed by atoms with Crippen molar-refractivity contribution in [3.63, 3.8) is 0 Å². The summed E-state index contributed by atoms with van der Waals surface area (Å²) in [7, 11) is 0. The summed E-state index contributed by atoms with van der Waals surface area (Å²) in [6, 6.07) is 0. The molecule has 0 aromatic rings. The van der Waals surface area contributed by atoms with Gasteiger partial charge in [-0.15, -0.1) is 0 Å². The average molecular weight is 821 g/mol. The fraction of sp³-hybridized carbons (Fsp3) is 0.942. The van der Waals surface area contributed by atoms with Crippen LogP contribution in [-0.2, 0) is 28.6 Å². The van der Waals surface area contributed by atoms with E-state index in [9.17, 15) is 14.4 Å². The van der Waals surface area contributed by atoms with Gasteiger partial charge in [-0.3, -0.25) is 14.4 Å². The van der Waals surface area contributed by atoms with Crippen molar-refractivity contribution in [1.82, 2.24) is 0 Å². The quantitative estimate of drug-likeness (QED) is 0.0346. The molecular formula is C52H100O6. The van der Waals surface area contributed by atoms with Gasteiger partial charge in [0.15, 0.2) is 6.10 Å². The van der Waals surface area contributed by atoms with Crippen LogP contribution < -0.4 is 0 Å². The molecule has 344 valence electrons. The Morgan fingerprint density at radius 1 is 0.328 bits per heavy atom. The van der Waals surface area contributed by atoms with Crippen LogP contribution in [0.5, 0.6) is 0 Å². The number of rotatable bonds is 47. The molecule has 0 saturated heterocycles. The Morgan fingerprint density at radius 2 is 0.569 bits per heavy atom. The SMILES string of the molecule is CCCCCCCCCCCCCCCC(=O)OC[C@H](COC(=O)CCCCCCCCCCCCC)OC(=O)CCCCCCCCCCCCCCCC(C)C. The van der Waals surface area contributed by atoms with Crippen molar-refractivity contribution < 1.29 is 28.6 Å². The molecule has 0 spiro atoms.